The van der Waals surface area contributed by atoms with E-state index in [0.717, 1.165) is 19.3 Å². The molecule has 0 atom stereocenters. The van der Waals surface area contributed by atoms with Crippen molar-refractivity contribution in [3.05, 3.63) is 12.7 Å². The van der Waals surface area contributed by atoms with Gasteiger partial charge in [0.25, 0.3) is 0 Å². The van der Waals surface area contributed by atoms with Gasteiger partial charge in [-0.25, -0.2) is 4.79 Å². The van der Waals surface area contributed by atoms with E-state index in [1.165, 1.54) is 0 Å². The van der Waals surface area contributed by atoms with Gasteiger partial charge in [-0.2, -0.15) is 0 Å². The van der Waals surface area contributed by atoms with E-state index in [0.29, 0.717) is 19.6 Å². The summed E-state index contributed by atoms with van der Waals surface area (Å²) in [6.07, 6.45) is 4.08. The molecular formula is C13H23N3O2. The van der Waals surface area contributed by atoms with E-state index in [1.54, 1.807) is 30.0 Å². The quantitative estimate of drug-likeness (QED) is 0.602. The maximum atomic E-state index is 11.8. The fraction of sp³-hybridized carbons (Fsp3) is 0.692. The number of hydrogen-bond donors (Lipinski definition) is 1. The van der Waals surface area contributed by atoms with Crippen molar-refractivity contribution in [2.24, 2.45) is 5.92 Å². The number of carbonyl (C=O) groups excluding carboxylic acids is 2. The predicted octanol–water partition coefficient (Wildman–Crippen LogP) is 1.07. The summed E-state index contributed by atoms with van der Waals surface area (Å²) in [6.45, 7) is 5.59. The van der Waals surface area contributed by atoms with Gasteiger partial charge in [-0.3, -0.25) is 4.79 Å². The number of urea groups is 1. The molecule has 102 valence electrons. The van der Waals surface area contributed by atoms with Crippen LogP contribution in [0.25, 0.3) is 0 Å². The normalized spacial score (nSPS) is 16.2. The molecule has 0 aromatic rings. The zero-order valence-corrected chi connectivity index (χ0v) is 11.3. The Bertz CT molecular complexity index is 307. The van der Waals surface area contributed by atoms with Crippen LogP contribution in [0.5, 0.6) is 0 Å². The van der Waals surface area contributed by atoms with Gasteiger partial charge in [-0.05, 0) is 19.3 Å². The van der Waals surface area contributed by atoms with Gasteiger partial charge in [-0.1, -0.05) is 6.08 Å². The molecule has 18 heavy (non-hydrogen) atoms. The van der Waals surface area contributed by atoms with Gasteiger partial charge in [0, 0.05) is 39.6 Å². The number of nitrogens with one attached hydrogen (secondary N) is 1. The molecule has 1 aliphatic rings. The summed E-state index contributed by atoms with van der Waals surface area (Å²) < 4.78 is 0. The third-order valence-electron chi connectivity index (χ3n) is 3.17. The largest absolute Gasteiger partial charge is 0.356 e. The van der Waals surface area contributed by atoms with Gasteiger partial charge in [0.15, 0.2) is 0 Å². The van der Waals surface area contributed by atoms with Crippen LogP contribution in [0.4, 0.5) is 4.79 Å². The molecule has 1 rings (SSSR count). The second kappa shape index (κ2) is 7.03. The number of carbonyl (C=O) groups is 2. The number of amides is 3. The molecule has 0 unspecified atom stereocenters. The van der Waals surface area contributed by atoms with Crippen molar-refractivity contribution in [1.29, 1.82) is 0 Å². The van der Waals surface area contributed by atoms with Gasteiger partial charge >= 0.3 is 6.03 Å². The highest BCUT2D eigenvalue weighted by Crippen LogP contribution is 2.18. The van der Waals surface area contributed by atoms with Crippen LogP contribution in [0, 0.1) is 5.92 Å². The van der Waals surface area contributed by atoms with Gasteiger partial charge in [0.1, 0.15) is 0 Å². The predicted molar refractivity (Wildman–Crippen MR) is 71.2 cm³/mol. The summed E-state index contributed by atoms with van der Waals surface area (Å²) in [6, 6.07) is 0.0283. The van der Waals surface area contributed by atoms with E-state index in [-0.39, 0.29) is 17.9 Å². The lowest BCUT2D eigenvalue weighted by atomic mass is 9.96. The van der Waals surface area contributed by atoms with Crippen LogP contribution in [-0.4, -0.2) is 55.5 Å². The smallest absolute Gasteiger partial charge is 0.319 e. The molecule has 1 N–H and O–H groups in total. The topological polar surface area (TPSA) is 52.7 Å². The van der Waals surface area contributed by atoms with Crippen LogP contribution >= 0.6 is 0 Å². The fourth-order valence-corrected chi connectivity index (χ4v) is 2.06. The summed E-state index contributed by atoms with van der Waals surface area (Å²) in [4.78, 5) is 26.9. The van der Waals surface area contributed by atoms with Gasteiger partial charge < -0.3 is 15.1 Å². The molecule has 1 saturated heterocycles. The maximum absolute atomic E-state index is 11.8. The van der Waals surface area contributed by atoms with E-state index in [1.807, 2.05) is 0 Å². The fourth-order valence-electron chi connectivity index (χ4n) is 2.06. The second-order valence-electron chi connectivity index (χ2n) is 4.81. The zero-order valence-electron chi connectivity index (χ0n) is 11.3. The van der Waals surface area contributed by atoms with Crippen LogP contribution in [0.15, 0.2) is 12.7 Å². The number of hydrogen-bond acceptors (Lipinski definition) is 2. The van der Waals surface area contributed by atoms with Crippen molar-refractivity contribution < 1.29 is 9.59 Å². The van der Waals surface area contributed by atoms with Crippen LogP contribution in [0.1, 0.15) is 19.3 Å². The van der Waals surface area contributed by atoms with Crippen LogP contribution in [0.2, 0.25) is 0 Å². The van der Waals surface area contributed by atoms with E-state index >= 15 is 0 Å². The Hall–Kier alpha value is -1.52. The molecule has 0 bridgehead atoms. The van der Waals surface area contributed by atoms with Crippen molar-refractivity contribution in [3.8, 4) is 0 Å². The molecule has 0 aliphatic carbocycles. The first-order valence-corrected chi connectivity index (χ1v) is 6.41. The second-order valence-corrected chi connectivity index (χ2v) is 4.81. The summed E-state index contributed by atoms with van der Waals surface area (Å²) in [5, 5.41) is 2.90. The highest BCUT2D eigenvalue weighted by atomic mass is 16.2. The van der Waals surface area contributed by atoms with Gasteiger partial charge in [-0.15, -0.1) is 6.58 Å². The molecule has 0 spiro atoms. The molecule has 0 aromatic heterocycles. The Labute approximate surface area is 109 Å². The number of likely N-dealkylation sites (tertiary alicyclic amines) is 1. The first-order chi connectivity index (χ1) is 8.56. The van der Waals surface area contributed by atoms with Crippen molar-refractivity contribution in [1.82, 2.24) is 15.1 Å². The van der Waals surface area contributed by atoms with Crippen molar-refractivity contribution in [2.45, 2.75) is 19.3 Å². The van der Waals surface area contributed by atoms with Crippen molar-refractivity contribution >= 4 is 11.9 Å². The first-order valence-electron chi connectivity index (χ1n) is 6.41. The Balaban J connectivity index is 2.32. The van der Waals surface area contributed by atoms with E-state index < -0.39 is 0 Å². The summed E-state index contributed by atoms with van der Waals surface area (Å²) in [5.74, 6) is 0.148. The minimum Gasteiger partial charge on any atom is -0.356 e. The molecule has 0 saturated carbocycles. The molecule has 3 amide bonds. The minimum absolute atomic E-state index is 0.0283. The molecule has 1 fully saturated rings. The van der Waals surface area contributed by atoms with Crippen molar-refractivity contribution in [2.75, 3.05) is 33.7 Å². The molecule has 1 heterocycles. The van der Waals surface area contributed by atoms with Crippen molar-refractivity contribution in [3.63, 3.8) is 0 Å². The third kappa shape index (κ3) is 4.05. The van der Waals surface area contributed by atoms with E-state index in [2.05, 4.69) is 11.9 Å². The molecule has 0 aromatic carbocycles. The Morgan fingerprint density at radius 3 is 2.50 bits per heavy atom. The lowest BCUT2D eigenvalue weighted by Crippen LogP contribution is -2.46. The molecule has 0 radical (unpaired) electrons. The lowest BCUT2D eigenvalue weighted by molar-refractivity contribution is -0.126. The van der Waals surface area contributed by atoms with E-state index in [9.17, 15) is 9.59 Å². The van der Waals surface area contributed by atoms with Crippen LogP contribution < -0.4 is 5.32 Å². The Morgan fingerprint density at radius 2 is 2.00 bits per heavy atom. The average Bonchev–Trinajstić information content (AvgIpc) is 2.38. The third-order valence-corrected chi connectivity index (χ3v) is 3.17. The Kier molecular flexibility index (Phi) is 5.68. The van der Waals surface area contributed by atoms with Gasteiger partial charge in [0.05, 0.1) is 0 Å². The highest BCUT2D eigenvalue weighted by Gasteiger charge is 2.27. The molecule has 5 heteroatoms. The summed E-state index contributed by atoms with van der Waals surface area (Å²) in [7, 11) is 3.49. The Morgan fingerprint density at radius 1 is 1.39 bits per heavy atom. The average molecular weight is 253 g/mol. The lowest BCUT2D eigenvalue weighted by Gasteiger charge is -2.33. The zero-order chi connectivity index (χ0) is 13.5. The maximum Gasteiger partial charge on any atom is 0.319 e. The molecule has 5 nitrogen and oxygen atoms in total. The first kappa shape index (κ1) is 14.5. The molecular weight excluding hydrogens is 230 g/mol. The standard InChI is InChI=1S/C13H23N3O2/c1-4-5-8-14-12(17)11-6-9-16(10-7-11)13(18)15(2)3/h4,11H,1,5-10H2,2-3H3,(H,14,17). The number of piperidine rings is 1. The highest BCUT2D eigenvalue weighted by molar-refractivity contribution is 5.79. The summed E-state index contributed by atoms with van der Waals surface area (Å²) >= 11 is 0. The number of rotatable bonds is 4. The van der Waals surface area contributed by atoms with Gasteiger partial charge in [0.2, 0.25) is 5.91 Å². The molecule has 1 aliphatic heterocycles. The monoisotopic (exact) mass is 253 g/mol. The van der Waals surface area contributed by atoms with E-state index in [4.69, 9.17) is 0 Å². The SMILES string of the molecule is C=CCCNC(=O)C1CCN(C(=O)N(C)C)CC1. The van der Waals surface area contributed by atoms with Crippen LogP contribution in [-0.2, 0) is 4.79 Å². The minimum atomic E-state index is 0.0283. The number of nitrogens with zero attached hydrogens (tertiary/aromatic N) is 2. The summed E-state index contributed by atoms with van der Waals surface area (Å²) in [5.41, 5.74) is 0. The van der Waals surface area contributed by atoms with Crippen LogP contribution in [0.3, 0.4) is 0 Å².